The molecule has 0 saturated heterocycles. The molecule has 0 fully saturated rings. The lowest BCUT2D eigenvalue weighted by atomic mass is 10.1. The van der Waals surface area contributed by atoms with Crippen molar-refractivity contribution in [3.05, 3.63) is 33.8 Å². The van der Waals surface area contributed by atoms with Crippen LogP contribution >= 0.6 is 15.9 Å². The molecule has 0 spiro atoms. The number of halogens is 1. The molecule has 2 atom stereocenters. The second-order valence-corrected chi connectivity index (χ2v) is 15.3. The van der Waals surface area contributed by atoms with E-state index in [0.29, 0.717) is 0 Å². The van der Waals surface area contributed by atoms with Gasteiger partial charge >= 0.3 is 6.09 Å². The number of hydrogen-bond donors (Lipinski definition) is 1. The van der Waals surface area contributed by atoms with Crippen LogP contribution in [0.25, 0.3) is 0 Å². The third kappa shape index (κ3) is 5.11. The largest absolute Gasteiger partial charge is 0.444 e. The van der Waals surface area contributed by atoms with Gasteiger partial charge in [-0.05, 0) is 62.2 Å². The fourth-order valence-corrected chi connectivity index (χ4v) is 4.60. The van der Waals surface area contributed by atoms with Gasteiger partial charge in [0.15, 0.2) is 8.32 Å². The van der Waals surface area contributed by atoms with Gasteiger partial charge in [0, 0.05) is 10.9 Å². The van der Waals surface area contributed by atoms with Crippen LogP contribution in [0.2, 0.25) is 18.1 Å². The van der Waals surface area contributed by atoms with Crippen molar-refractivity contribution in [3.63, 3.8) is 0 Å². The minimum absolute atomic E-state index is 0.0762. The number of ether oxygens (including phenoxy) is 1. The highest BCUT2D eigenvalue weighted by molar-refractivity contribution is 9.10. The smallest absolute Gasteiger partial charge is 0.408 e. The average Bonchev–Trinajstić information content (AvgIpc) is 2.71. The van der Waals surface area contributed by atoms with Gasteiger partial charge in [-0.3, -0.25) is 0 Å². The Morgan fingerprint density at radius 2 is 1.81 bits per heavy atom. The van der Waals surface area contributed by atoms with E-state index in [9.17, 15) is 4.79 Å². The average molecular weight is 442 g/mol. The van der Waals surface area contributed by atoms with E-state index in [-0.39, 0.29) is 17.2 Å². The number of benzene rings is 1. The van der Waals surface area contributed by atoms with Gasteiger partial charge < -0.3 is 14.5 Å². The number of carbonyl (C=O) groups excluding carboxylic acids is 1. The van der Waals surface area contributed by atoms with Crippen LogP contribution < -0.4 is 5.32 Å². The predicted molar refractivity (Wildman–Crippen MR) is 112 cm³/mol. The van der Waals surface area contributed by atoms with E-state index < -0.39 is 20.0 Å². The first kappa shape index (κ1) is 21.4. The lowest BCUT2D eigenvalue weighted by Crippen LogP contribution is -2.47. The normalized spacial score (nSPS) is 20.7. The highest BCUT2D eigenvalue weighted by Gasteiger charge is 2.44. The van der Waals surface area contributed by atoms with Gasteiger partial charge in [0.25, 0.3) is 0 Å². The third-order valence-corrected chi connectivity index (χ3v) is 10.2. The topological polar surface area (TPSA) is 47.6 Å². The Hall–Kier alpha value is -0.853. The zero-order valence-electron chi connectivity index (χ0n) is 17.2. The minimum Gasteiger partial charge on any atom is -0.444 e. The highest BCUT2D eigenvalue weighted by Crippen LogP contribution is 2.42. The van der Waals surface area contributed by atoms with Gasteiger partial charge in [-0.25, -0.2) is 4.79 Å². The van der Waals surface area contributed by atoms with Crippen LogP contribution in [-0.4, -0.2) is 26.1 Å². The van der Waals surface area contributed by atoms with Crippen molar-refractivity contribution < 1.29 is 14.0 Å². The molecule has 1 aliphatic rings. The van der Waals surface area contributed by atoms with Crippen molar-refractivity contribution in [1.82, 2.24) is 5.32 Å². The van der Waals surface area contributed by atoms with Crippen molar-refractivity contribution in [2.45, 2.75) is 83.8 Å². The van der Waals surface area contributed by atoms with Crippen LogP contribution in [0.5, 0.6) is 0 Å². The van der Waals surface area contributed by atoms with Crippen molar-refractivity contribution in [2.75, 3.05) is 0 Å². The van der Waals surface area contributed by atoms with Gasteiger partial charge in [-0.15, -0.1) is 0 Å². The minimum atomic E-state index is -1.97. The Kier molecular flexibility index (Phi) is 6.01. The van der Waals surface area contributed by atoms with Crippen LogP contribution in [-0.2, 0) is 15.6 Å². The first-order valence-corrected chi connectivity index (χ1v) is 12.9. The SMILES string of the molecule is CC(C)(C)OC(=O)N[C@H]1c2ccc(Br)cc2C[C@@H]1O[Si](C)(C)C(C)(C)C. The Morgan fingerprint density at radius 1 is 1.19 bits per heavy atom. The van der Waals surface area contributed by atoms with Crippen LogP contribution in [0.4, 0.5) is 4.79 Å². The second-order valence-electron chi connectivity index (χ2n) is 9.59. The number of fused-ring (bicyclic) bond motifs is 1. The summed E-state index contributed by atoms with van der Waals surface area (Å²) < 4.78 is 13.2. The summed E-state index contributed by atoms with van der Waals surface area (Å²) in [6, 6.07) is 6.00. The van der Waals surface area contributed by atoms with Crippen molar-refractivity contribution in [2.24, 2.45) is 0 Å². The zero-order valence-corrected chi connectivity index (χ0v) is 19.8. The maximum Gasteiger partial charge on any atom is 0.408 e. The predicted octanol–water partition coefficient (Wildman–Crippen LogP) is 5.96. The summed E-state index contributed by atoms with van der Waals surface area (Å²) in [4.78, 5) is 12.4. The number of carbonyl (C=O) groups is 1. The molecule has 0 radical (unpaired) electrons. The van der Waals surface area contributed by atoms with Gasteiger partial charge in [-0.1, -0.05) is 42.8 Å². The number of nitrogens with one attached hydrogen (secondary N) is 1. The molecule has 4 nitrogen and oxygen atoms in total. The van der Waals surface area contributed by atoms with Gasteiger partial charge in [0.2, 0.25) is 0 Å². The maximum absolute atomic E-state index is 12.4. The van der Waals surface area contributed by atoms with Gasteiger partial charge in [0.1, 0.15) is 5.60 Å². The molecule has 0 aliphatic heterocycles. The molecular weight excluding hydrogens is 410 g/mol. The summed E-state index contributed by atoms with van der Waals surface area (Å²) >= 11 is 3.54. The van der Waals surface area contributed by atoms with E-state index in [1.54, 1.807) is 0 Å². The van der Waals surface area contributed by atoms with Crippen molar-refractivity contribution in [3.8, 4) is 0 Å². The fraction of sp³-hybridized carbons (Fsp3) is 0.650. The Balaban J connectivity index is 2.28. The number of rotatable bonds is 3. The summed E-state index contributed by atoms with van der Waals surface area (Å²) in [5.41, 5.74) is 1.80. The quantitative estimate of drug-likeness (QED) is 0.588. The van der Waals surface area contributed by atoms with Crippen LogP contribution in [0.15, 0.2) is 22.7 Å². The molecule has 1 aromatic rings. The third-order valence-electron chi connectivity index (χ3n) is 5.16. The van der Waals surface area contributed by atoms with E-state index in [2.05, 4.69) is 67.2 Å². The first-order chi connectivity index (χ1) is 11.7. The summed E-state index contributed by atoms with van der Waals surface area (Å²) in [6.45, 7) is 16.8. The summed E-state index contributed by atoms with van der Waals surface area (Å²) in [5, 5.41) is 3.17. The van der Waals surface area contributed by atoms with Crippen LogP contribution in [0.3, 0.4) is 0 Å². The van der Waals surface area contributed by atoms with Crippen LogP contribution in [0, 0.1) is 0 Å². The summed E-state index contributed by atoms with van der Waals surface area (Å²) in [7, 11) is -1.97. The van der Waals surface area contributed by atoms with Crippen molar-refractivity contribution >= 4 is 30.3 Å². The Labute approximate surface area is 167 Å². The van der Waals surface area contributed by atoms with Crippen molar-refractivity contribution in [1.29, 1.82) is 0 Å². The molecule has 1 amide bonds. The monoisotopic (exact) mass is 441 g/mol. The molecule has 1 aliphatic carbocycles. The lowest BCUT2D eigenvalue weighted by molar-refractivity contribution is 0.0446. The van der Waals surface area contributed by atoms with E-state index in [1.807, 2.05) is 26.8 Å². The fourth-order valence-electron chi connectivity index (χ4n) is 2.86. The molecule has 0 heterocycles. The van der Waals surface area contributed by atoms with E-state index in [4.69, 9.17) is 9.16 Å². The highest BCUT2D eigenvalue weighted by atomic mass is 79.9. The molecule has 0 saturated carbocycles. The Bertz CT molecular complexity index is 677. The number of amides is 1. The molecule has 26 heavy (non-hydrogen) atoms. The first-order valence-electron chi connectivity index (χ1n) is 9.15. The van der Waals surface area contributed by atoms with Gasteiger partial charge in [0.05, 0.1) is 12.1 Å². The summed E-state index contributed by atoms with van der Waals surface area (Å²) in [5.74, 6) is 0. The number of alkyl carbamates (subject to hydrolysis) is 1. The molecule has 146 valence electrons. The Morgan fingerprint density at radius 3 is 2.35 bits per heavy atom. The van der Waals surface area contributed by atoms with Gasteiger partial charge in [-0.2, -0.15) is 0 Å². The lowest BCUT2D eigenvalue weighted by Gasteiger charge is -2.40. The maximum atomic E-state index is 12.4. The number of hydrogen-bond acceptors (Lipinski definition) is 3. The molecule has 0 bridgehead atoms. The summed E-state index contributed by atoms with van der Waals surface area (Å²) in [6.07, 6.45) is 0.316. The molecule has 1 aromatic carbocycles. The molecular formula is C20H32BrNO3Si. The molecule has 0 unspecified atom stereocenters. The molecule has 6 heteroatoms. The molecule has 0 aromatic heterocycles. The molecule has 2 rings (SSSR count). The zero-order chi connectivity index (χ0) is 19.9. The van der Waals surface area contributed by atoms with E-state index >= 15 is 0 Å². The second kappa shape index (κ2) is 7.28. The standard InChI is InChI=1S/C20H32BrNO3Si/c1-19(2,3)24-18(23)22-17-15-10-9-14(21)11-13(15)12-16(17)25-26(7,8)20(4,5)6/h9-11,16-17H,12H2,1-8H3,(H,22,23)/t16-,17-/m0/s1. The van der Waals surface area contributed by atoms with E-state index in [1.165, 1.54) is 5.56 Å². The van der Waals surface area contributed by atoms with E-state index in [0.717, 1.165) is 16.5 Å². The molecule has 1 N–H and O–H groups in total. The van der Waals surface area contributed by atoms with Crippen LogP contribution in [0.1, 0.15) is 58.7 Å².